The lowest BCUT2D eigenvalue weighted by molar-refractivity contribution is 0.241. The topological polar surface area (TPSA) is 24.5 Å². The van der Waals surface area contributed by atoms with Crippen LogP contribution in [-0.2, 0) is 6.42 Å². The summed E-state index contributed by atoms with van der Waals surface area (Å²) in [5, 5.41) is 4.14. The maximum absolute atomic E-state index is 6.31. The van der Waals surface area contributed by atoms with Crippen molar-refractivity contribution in [3.05, 3.63) is 28.8 Å². The minimum atomic E-state index is 0.753. The van der Waals surface area contributed by atoms with Crippen molar-refractivity contribution in [2.75, 3.05) is 39.3 Å². The Morgan fingerprint density at radius 2 is 2.05 bits per heavy atom. The van der Waals surface area contributed by atoms with Gasteiger partial charge in [-0.05, 0) is 36.8 Å². The number of nitrogens with one attached hydrogen (secondary N) is 1. The Balaban J connectivity index is 1.59. The highest BCUT2D eigenvalue weighted by atomic mass is 35.5. The lowest BCUT2D eigenvalue weighted by Gasteiger charge is -2.27. The molecule has 1 heterocycles. The Morgan fingerprint density at radius 1 is 1.25 bits per heavy atom. The van der Waals surface area contributed by atoms with Gasteiger partial charge in [0.25, 0.3) is 0 Å². The third-order valence-electron chi connectivity index (χ3n) is 4.12. The number of benzene rings is 1. The van der Waals surface area contributed by atoms with Gasteiger partial charge in [0.2, 0.25) is 0 Å². The van der Waals surface area contributed by atoms with Gasteiger partial charge in [0.15, 0.2) is 0 Å². The Morgan fingerprint density at radius 3 is 2.80 bits per heavy atom. The zero-order valence-corrected chi connectivity index (χ0v) is 12.7. The quantitative estimate of drug-likeness (QED) is 0.873. The largest absolute Gasteiger partial charge is 0.491 e. The van der Waals surface area contributed by atoms with Crippen LogP contribution in [0, 0.1) is 5.92 Å². The molecule has 1 aromatic carbocycles. The van der Waals surface area contributed by atoms with Crippen LogP contribution in [0.3, 0.4) is 0 Å². The highest BCUT2D eigenvalue weighted by Gasteiger charge is 2.23. The predicted octanol–water partition coefficient (Wildman–Crippen LogP) is 2.58. The van der Waals surface area contributed by atoms with Crippen molar-refractivity contribution in [1.29, 1.82) is 0 Å². The second kappa shape index (κ2) is 6.79. The van der Waals surface area contributed by atoms with Crippen molar-refractivity contribution in [3.63, 3.8) is 0 Å². The molecule has 0 amide bonds. The van der Waals surface area contributed by atoms with E-state index in [0.29, 0.717) is 0 Å². The highest BCUT2D eigenvalue weighted by Crippen LogP contribution is 2.33. The second-order valence-corrected chi connectivity index (χ2v) is 6.23. The monoisotopic (exact) mass is 294 g/mol. The van der Waals surface area contributed by atoms with E-state index in [1.807, 2.05) is 12.1 Å². The summed E-state index contributed by atoms with van der Waals surface area (Å²) in [5.74, 6) is 1.67. The molecule has 0 unspecified atom stereocenters. The summed E-state index contributed by atoms with van der Waals surface area (Å²) < 4.78 is 5.97. The maximum Gasteiger partial charge on any atom is 0.141 e. The molecule has 0 atom stereocenters. The first-order chi connectivity index (χ1) is 9.83. The van der Waals surface area contributed by atoms with Crippen LogP contribution < -0.4 is 10.1 Å². The van der Waals surface area contributed by atoms with Crippen molar-refractivity contribution in [3.8, 4) is 5.75 Å². The summed E-state index contributed by atoms with van der Waals surface area (Å²) in [6.45, 7) is 6.38. The third-order valence-corrected chi connectivity index (χ3v) is 4.41. The molecule has 0 bridgehead atoms. The average molecular weight is 295 g/mol. The summed E-state index contributed by atoms with van der Waals surface area (Å²) in [7, 11) is 0. The van der Waals surface area contributed by atoms with E-state index in [1.54, 1.807) is 0 Å². The Hall–Kier alpha value is -0.770. The van der Waals surface area contributed by atoms with E-state index in [9.17, 15) is 0 Å². The molecule has 4 heteroatoms. The number of hydrogen-bond acceptors (Lipinski definition) is 3. The van der Waals surface area contributed by atoms with Crippen molar-refractivity contribution in [1.82, 2.24) is 10.2 Å². The van der Waals surface area contributed by atoms with Gasteiger partial charge in [-0.3, -0.25) is 0 Å². The standard InChI is InChI=1S/C16H23ClN2O/c17-15-3-1-2-14(16(15)20-12-13-4-5-13)6-9-19-10-7-18-8-11-19/h1-3,13,18H,4-12H2. The fourth-order valence-electron chi connectivity index (χ4n) is 2.61. The van der Waals surface area contributed by atoms with Crippen molar-refractivity contribution in [2.24, 2.45) is 5.92 Å². The molecule has 3 rings (SSSR count). The van der Waals surface area contributed by atoms with Gasteiger partial charge in [0.05, 0.1) is 11.6 Å². The summed E-state index contributed by atoms with van der Waals surface area (Å²) in [6, 6.07) is 6.10. The van der Waals surface area contributed by atoms with Crippen LogP contribution >= 0.6 is 11.6 Å². The lowest BCUT2D eigenvalue weighted by Crippen LogP contribution is -2.44. The lowest BCUT2D eigenvalue weighted by atomic mass is 10.1. The molecule has 20 heavy (non-hydrogen) atoms. The molecule has 2 aliphatic rings. The highest BCUT2D eigenvalue weighted by molar-refractivity contribution is 6.32. The number of halogens is 1. The van der Waals surface area contributed by atoms with Crippen LogP contribution in [-0.4, -0.2) is 44.2 Å². The first-order valence-corrected chi connectivity index (χ1v) is 8.04. The molecule has 1 aliphatic heterocycles. The molecule has 110 valence electrons. The van der Waals surface area contributed by atoms with Crippen molar-refractivity contribution < 1.29 is 4.74 Å². The van der Waals surface area contributed by atoms with Crippen molar-refractivity contribution >= 4 is 11.6 Å². The van der Waals surface area contributed by atoms with Crippen LogP contribution in [0.4, 0.5) is 0 Å². The number of para-hydroxylation sites is 1. The van der Waals surface area contributed by atoms with E-state index in [0.717, 1.165) is 62.4 Å². The zero-order chi connectivity index (χ0) is 13.8. The molecule has 0 spiro atoms. The van der Waals surface area contributed by atoms with Gasteiger partial charge in [0, 0.05) is 32.7 Å². The molecule has 1 saturated carbocycles. The summed E-state index contributed by atoms with van der Waals surface area (Å²) in [6.07, 6.45) is 3.63. The van der Waals surface area contributed by atoms with Crippen LogP contribution in [0.5, 0.6) is 5.75 Å². The number of ether oxygens (including phenoxy) is 1. The van der Waals surface area contributed by atoms with E-state index >= 15 is 0 Å². The van der Waals surface area contributed by atoms with Gasteiger partial charge in [-0.25, -0.2) is 0 Å². The Bertz CT molecular complexity index is 442. The fourth-order valence-corrected chi connectivity index (χ4v) is 2.86. The van der Waals surface area contributed by atoms with Gasteiger partial charge in [-0.2, -0.15) is 0 Å². The van der Waals surface area contributed by atoms with Gasteiger partial charge >= 0.3 is 0 Å². The van der Waals surface area contributed by atoms with Gasteiger partial charge in [-0.15, -0.1) is 0 Å². The molecule has 1 saturated heterocycles. The molecule has 1 aromatic rings. The summed E-state index contributed by atoms with van der Waals surface area (Å²) in [5.41, 5.74) is 1.25. The number of piperazine rings is 1. The Kier molecular flexibility index (Phi) is 4.81. The average Bonchev–Trinajstić information content (AvgIpc) is 3.29. The van der Waals surface area contributed by atoms with E-state index in [2.05, 4.69) is 16.3 Å². The second-order valence-electron chi connectivity index (χ2n) is 5.82. The SMILES string of the molecule is Clc1cccc(CCN2CCNCC2)c1OCC1CC1. The molecule has 0 aromatic heterocycles. The number of hydrogen-bond donors (Lipinski definition) is 1. The van der Waals surface area contributed by atoms with E-state index < -0.39 is 0 Å². The van der Waals surface area contributed by atoms with Crippen LogP contribution in [0.25, 0.3) is 0 Å². The van der Waals surface area contributed by atoms with E-state index in [4.69, 9.17) is 16.3 Å². The van der Waals surface area contributed by atoms with E-state index in [-0.39, 0.29) is 0 Å². The Labute approximate surface area is 126 Å². The normalized spacial score (nSPS) is 20.1. The minimum Gasteiger partial charge on any atom is -0.491 e. The summed E-state index contributed by atoms with van der Waals surface area (Å²) >= 11 is 6.31. The van der Waals surface area contributed by atoms with E-state index in [1.165, 1.54) is 18.4 Å². The molecular formula is C16H23ClN2O. The third kappa shape index (κ3) is 3.87. The van der Waals surface area contributed by atoms with Crippen molar-refractivity contribution in [2.45, 2.75) is 19.3 Å². The summed E-state index contributed by atoms with van der Waals surface area (Å²) in [4.78, 5) is 2.50. The minimum absolute atomic E-state index is 0.753. The number of rotatable bonds is 6. The van der Waals surface area contributed by atoms with Gasteiger partial charge in [-0.1, -0.05) is 23.7 Å². The molecule has 2 fully saturated rings. The molecule has 1 N–H and O–H groups in total. The first-order valence-electron chi connectivity index (χ1n) is 7.66. The zero-order valence-electron chi connectivity index (χ0n) is 11.9. The van der Waals surface area contributed by atoms with Gasteiger partial charge < -0.3 is 15.0 Å². The first kappa shape index (κ1) is 14.2. The smallest absolute Gasteiger partial charge is 0.141 e. The molecule has 1 aliphatic carbocycles. The van der Waals surface area contributed by atoms with Crippen LogP contribution in [0.2, 0.25) is 5.02 Å². The number of nitrogens with zero attached hydrogens (tertiary/aromatic N) is 1. The molecule has 0 radical (unpaired) electrons. The molecule has 3 nitrogen and oxygen atoms in total. The predicted molar refractivity (Wildman–Crippen MR) is 82.7 cm³/mol. The van der Waals surface area contributed by atoms with Gasteiger partial charge in [0.1, 0.15) is 5.75 Å². The molecular weight excluding hydrogens is 272 g/mol. The fraction of sp³-hybridized carbons (Fsp3) is 0.625. The van der Waals surface area contributed by atoms with Crippen LogP contribution in [0.1, 0.15) is 18.4 Å². The van der Waals surface area contributed by atoms with Crippen LogP contribution in [0.15, 0.2) is 18.2 Å². The maximum atomic E-state index is 6.31.